The van der Waals surface area contributed by atoms with Crippen molar-refractivity contribution in [3.05, 3.63) is 33.8 Å². The summed E-state index contributed by atoms with van der Waals surface area (Å²) in [7, 11) is 1.90. The van der Waals surface area contributed by atoms with Crippen molar-refractivity contribution in [3.63, 3.8) is 0 Å². The van der Waals surface area contributed by atoms with Crippen LogP contribution in [0.3, 0.4) is 0 Å². The molecule has 0 N–H and O–H groups in total. The fourth-order valence-electron chi connectivity index (χ4n) is 1.70. The maximum atomic E-state index is 4.09. The first-order valence-electron chi connectivity index (χ1n) is 5.70. The third-order valence-electron chi connectivity index (χ3n) is 2.49. The molecule has 2 heterocycles. The molecule has 2 rings (SSSR count). The van der Waals surface area contributed by atoms with Crippen LogP contribution in [0, 0.1) is 0 Å². The maximum Gasteiger partial charge on any atom is 0.0830 e. The van der Waals surface area contributed by atoms with Crippen LogP contribution < -0.4 is 0 Å². The number of aryl methyl sites for hydroxylation is 4. The second-order valence-corrected chi connectivity index (χ2v) is 5.25. The first-order chi connectivity index (χ1) is 7.78. The van der Waals surface area contributed by atoms with Crippen molar-refractivity contribution in [2.24, 2.45) is 7.05 Å². The largest absolute Gasteiger partial charge is 0.255 e. The zero-order chi connectivity index (χ0) is 11.4. The first kappa shape index (κ1) is 11.3. The fraction of sp³-hybridized carbons (Fsp3) is 0.500. The van der Waals surface area contributed by atoms with E-state index in [0.717, 1.165) is 18.5 Å². The highest BCUT2D eigenvalue weighted by Crippen LogP contribution is 2.19. The SMILES string of the molecule is CCCc1ccc(CCc2cn(C)nn2)s1. The van der Waals surface area contributed by atoms with E-state index in [-0.39, 0.29) is 0 Å². The zero-order valence-electron chi connectivity index (χ0n) is 9.81. The van der Waals surface area contributed by atoms with Gasteiger partial charge in [0.25, 0.3) is 0 Å². The normalized spacial score (nSPS) is 10.9. The Kier molecular flexibility index (Phi) is 3.72. The average molecular weight is 235 g/mol. The summed E-state index contributed by atoms with van der Waals surface area (Å²) in [6, 6.07) is 4.49. The molecule has 0 aliphatic rings. The molecule has 0 saturated carbocycles. The number of hydrogen-bond acceptors (Lipinski definition) is 3. The molecule has 86 valence electrons. The van der Waals surface area contributed by atoms with Gasteiger partial charge in [0.05, 0.1) is 5.69 Å². The Hall–Kier alpha value is -1.16. The minimum Gasteiger partial charge on any atom is -0.255 e. The van der Waals surface area contributed by atoms with Gasteiger partial charge in [0.1, 0.15) is 0 Å². The Morgan fingerprint density at radius 1 is 1.19 bits per heavy atom. The van der Waals surface area contributed by atoms with Crippen LogP contribution in [0.25, 0.3) is 0 Å². The number of nitrogens with zero attached hydrogens (tertiary/aromatic N) is 3. The van der Waals surface area contributed by atoms with E-state index in [2.05, 4.69) is 29.4 Å². The predicted molar refractivity (Wildman–Crippen MR) is 66.7 cm³/mol. The average Bonchev–Trinajstić information content (AvgIpc) is 2.85. The van der Waals surface area contributed by atoms with E-state index in [1.165, 1.54) is 22.6 Å². The van der Waals surface area contributed by atoms with Gasteiger partial charge >= 0.3 is 0 Å². The van der Waals surface area contributed by atoms with Crippen LogP contribution in [-0.4, -0.2) is 15.0 Å². The molecular weight excluding hydrogens is 218 g/mol. The van der Waals surface area contributed by atoms with Gasteiger partial charge in [-0.1, -0.05) is 18.6 Å². The molecule has 0 radical (unpaired) electrons. The second-order valence-electron chi connectivity index (χ2n) is 4.00. The Morgan fingerprint density at radius 2 is 1.94 bits per heavy atom. The smallest absolute Gasteiger partial charge is 0.0830 e. The van der Waals surface area contributed by atoms with Crippen LogP contribution in [0.4, 0.5) is 0 Å². The molecule has 0 saturated heterocycles. The van der Waals surface area contributed by atoms with Crippen molar-refractivity contribution in [1.29, 1.82) is 0 Å². The minimum absolute atomic E-state index is 0.986. The Balaban J connectivity index is 1.89. The summed E-state index contributed by atoms with van der Waals surface area (Å²) in [5, 5.41) is 8.03. The molecule has 0 unspecified atom stereocenters. The van der Waals surface area contributed by atoms with Gasteiger partial charge in [0, 0.05) is 23.0 Å². The van der Waals surface area contributed by atoms with Crippen molar-refractivity contribution in [2.75, 3.05) is 0 Å². The summed E-state index contributed by atoms with van der Waals surface area (Å²) in [4.78, 5) is 2.95. The lowest BCUT2D eigenvalue weighted by molar-refractivity contribution is 0.713. The van der Waals surface area contributed by atoms with Crippen molar-refractivity contribution >= 4 is 11.3 Å². The van der Waals surface area contributed by atoms with Gasteiger partial charge in [-0.25, -0.2) is 0 Å². The highest BCUT2D eigenvalue weighted by molar-refractivity contribution is 7.11. The topological polar surface area (TPSA) is 30.7 Å². The lowest BCUT2D eigenvalue weighted by Gasteiger charge is -1.93. The van der Waals surface area contributed by atoms with E-state index in [4.69, 9.17) is 0 Å². The van der Waals surface area contributed by atoms with E-state index >= 15 is 0 Å². The van der Waals surface area contributed by atoms with Crippen LogP contribution in [0.15, 0.2) is 18.3 Å². The third-order valence-corrected chi connectivity index (χ3v) is 3.70. The fourth-order valence-corrected chi connectivity index (χ4v) is 2.82. The molecule has 16 heavy (non-hydrogen) atoms. The minimum atomic E-state index is 0.986. The van der Waals surface area contributed by atoms with Crippen molar-refractivity contribution in [2.45, 2.75) is 32.6 Å². The molecule has 0 aliphatic carbocycles. The molecule has 0 atom stereocenters. The van der Waals surface area contributed by atoms with Crippen molar-refractivity contribution in [3.8, 4) is 0 Å². The number of aromatic nitrogens is 3. The van der Waals surface area contributed by atoms with E-state index in [0.29, 0.717) is 0 Å². The molecule has 0 amide bonds. The number of thiophene rings is 1. The lowest BCUT2D eigenvalue weighted by atomic mass is 10.2. The van der Waals surface area contributed by atoms with Crippen LogP contribution >= 0.6 is 11.3 Å². The Labute approximate surface area is 100 Å². The summed E-state index contributed by atoms with van der Waals surface area (Å²) in [6.07, 6.45) is 6.48. The highest BCUT2D eigenvalue weighted by Gasteiger charge is 2.02. The number of hydrogen-bond donors (Lipinski definition) is 0. The van der Waals surface area contributed by atoms with Gasteiger partial charge in [0.15, 0.2) is 0 Å². The van der Waals surface area contributed by atoms with Crippen LogP contribution in [0.5, 0.6) is 0 Å². The molecule has 0 bridgehead atoms. The molecule has 3 nitrogen and oxygen atoms in total. The monoisotopic (exact) mass is 235 g/mol. The predicted octanol–water partition coefficient (Wildman–Crippen LogP) is 2.61. The summed E-state index contributed by atoms with van der Waals surface area (Å²) in [5.41, 5.74) is 1.08. The molecule has 0 spiro atoms. The summed E-state index contributed by atoms with van der Waals surface area (Å²) in [5.74, 6) is 0. The van der Waals surface area contributed by atoms with Gasteiger partial charge in [-0.15, -0.1) is 16.4 Å². The van der Waals surface area contributed by atoms with Gasteiger partial charge in [-0.3, -0.25) is 4.68 Å². The van der Waals surface area contributed by atoms with Crippen molar-refractivity contribution in [1.82, 2.24) is 15.0 Å². The first-order valence-corrected chi connectivity index (χ1v) is 6.52. The van der Waals surface area contributed by atoms with Crippen LogP contribution in [0.1, 0.15) is 28.8 Å². The Bertz CT molecular complexity index is 445. The van der Waals surface area contributed by atoms with Crippen LogP contribution in [-0.2, 0) is 26.3 Å². The summed E-state index contributed by atoms with van der Waals surface area (Å²) in [6.45, 7) is 2.22. The van der Waals surface area contributed by atoms with E-state index in [9.17, 15) is 0 Å². The standard InChI is InChI=1S/C12H17N3S/c1-3-4-11-7-8-12(16-11)6-5-10-9-15(2)14-13-10/h7-9H,3-6H2,1-2H3. The van der Waals surface area contributed by atoms with E-state index in [1.54, 1.807) is 4.68 Å². The van der Waals surface area contributed by atoms with Gasteiger partial charge in [0.2, 0.25) is 0 Å². The molecule has 2 aromatic rings. The molecule has 4 heteroatoms. The van der Waals surface area contributed by atoms with E-state index < -0.39 is 0 Å². The van der Waals surface area contributed by atoms with Gasteiger partial charge < -0.3 is 0 Å². The molecule has 0 aromatic carbocycles. The van der Waals surface area contributed by atoms with Crippen molar-refractivity contribution < 1.29 is 0 Å². The zero-order valence-corrected chi connectivity index (χ0v) is 10.6. The number of rotatable bonds is 5. The lowest BCUT2D eigenvalue weighted by Crippen LogP contribution is -1.88. The third kappa shape index (κ3) is 2.92. The van der Waals surface area contributed by atoms with Gasteiger partial charge in [-0.05, 0) is 31.4 Å². The van der Waals surface area contributed by atoms with Crippen LogP contribution in [0.2, 0.25) is 0 Å². The molecule has 0 aliphatic heterocycles. The Morgan fingerprint density at radius 3 is 2.56 bits per heavy atom. The van der Waals surface area contributed by atoms with E-state index in [1.807, 2.05) is 24.6 Å². The highest BCUT2D eigenvalue weighted by atomic mass is 32.1. The summed E-state index contributed by atoms with van der Waals surface area (Å²) < 4.78 is 1.76. The maximum absolute atomic E-state index is 4.09. The van der Waals surface area contributed by atoms with Gasteiger partial charge in [-0.2, -0.15) is 0 Å². The molecular formula is C12H17N3S. The molecule has 0 fully saturated rings. The quantitative estimate of drug-likeness (QED) is 0.797. The molecule has 2 aromatic heterocycles. The second kappa shape index (κ2) is 5.25. The summed E-state index contributed by atoms with van der Waals surface area (Å²) >= 11 is 1.93.